The third-order valence-corrected chi connectivity index (χ3v) is 5.53. The van der Waals surface area contributed by atoms with Crippen LogP contribution in [-0.4, -0.2) is 10.2 Å². The first-order valence-electron chi connectivity index (χ1n) is 6.79. The Bertz CT molecular complexity index is 816. The molecular formula is C17H11Br2NOS2. The van der Waals surface area contributed by atoms with Gasteiger partial charge in [0.1, 0.15) is 4.32 Å². The normalized spacial score (nSPS) is 16.0. The van der Waals surface area contributed by atoms with Crippen LogP contribution in [0.25, 0.3) is 6.08 Å². The Hall–Kier alpha value is -0.950. The molecular weight excluding hydrogens is 458 g/mol. The number of amides is 1. The second kappa shape index (κ2) is 7.30. The molecule has 0 unspecified atom stereocenters. The van der Waals surface area contributed by atoms with Crippen molar-refractivity contribution in [3.05, 3.63) is 73.0 Å². The third-order valence-electron chi connectivity index (χ3n) is 3.34. The summed E-state index contributed by atoms with van der Waals surface area (Å²) in [7, 11) is 0. The summed E-state index contributed by atoms with van der Waals surface area (Å²) >= 11 is 13.3. The van der Waals surface area contributed by atoms with Crippen molar-refractivity contribution in [1.82, 2.24) is 5.32 Å². The van der Waals surface area contributed by atoms with E-state index in [9.17, 15) is 4.79 Å². The number of nitrogens with one attached hydrogen (secondary N) is 1. The van der Waals surface area contributed by atoms with Crippen molar-refractivity contribution in [3.8, 4) is 0 Å². The lowest BCUT2D eigenvalue weighted by molar-refractivity contribution is -0.115. The topological polar surface area (TPSA) is 29.1 Å². The Balaban J connectivity index is 1.95. The zero-order valence-corrected chi connectivity index (χ0v) is 16.6. The molecule has 0 aliphatic carbocycles. The maximum atomic E-state index is 11.9. The average Bonchev–Trinajstić information content (AvgIpc) is 2.82. The van der Waals surface area contributed by atoms with E-state index in [2.05, 4.69) is 55.4 Å². The Kier molecular flexibility index (Phi) is 5.36. The molecule has 0 spiro atoms. The van der Waals surface area contributed by atoms with Crippen LogP contribution < -0.4 is 5.32 Å². The highest BCUT2D eigenvalue weighted by atomic mass is 79.9. The maximum Gasteiger partial charge on any atom is 0.263 e. The van der Waals surface area contributed by atoms with Gasteiger partial charge in [0.15, 0.2) is 0 Å². The van der Waals surface area contributed by atoms with Gasteiger partial charge in [-0.05, 0) is 53.5 Å². The molecule has 6 heteroatoms. The minimum Gasteiger partial charge on any atom is -0.307 e. The number of thiocarbonyl (C=S) groups is 1. The van der Waals surface area contributed by atoms with Crippen LogP contribution in [0.3, 0.4) is 0 Å². The molecule has 0 aromatic heterocycles. The van der Waals surface area contributed by atoms with Gasteiger partial charge in [-0.25, -0.2) is 0 Å². The summed E-state index contributed by atoms with van der Waals surface area (Å²) in [6.07, 6.45) is 2.70. The van der Waals surface area contributed by atoms with Crippen molar-refractivity contribution in [3.63, 3.8) is 0 Å². The molecule has 23 heavy (non-hydrogen) atoms. The first-order valence-corrected chi connectivity index (χ1v) is 9.60. The molecule has 1 aliphatic heterocycles. The van der Waals surface area contributed by atoms with Crippen LogP contribution in [0.15, 0.2) is 56.3 Å². The molecule has 0 atom stereocenters. The predicted octanol–water partition coefficient (Wildman–Crippen LogP) is 5.29. The second-order valence-corrected chi connectivity index (χ2v) is 8.55. The fourth-order valence-corrected chi connectivity index (χ4v) is 3.92. The van der Waals surface area contributed by atoms with Crippen molar-refractivity contribution in [2.75, 3.05) is 0 Å². The molecule has 0 radical (unpaired) electrons. The highest BCUT2D eigenvalue weighted by molar-refractivity contribution is 9.10. The van der Waals surface area contributed by atoms with Crippen molar-refractivity contribution in [2.45, 2.75) is 6.42 Å². The molecule has 2 nitrogen and oxygen atoms in total. The van der Waals surface area contributed by atoms with Crippen LogP contribution in [-0.2, 0) is 11.2 Å². The van der Waals surface area contributed by atoms with Crippen LogP contribution in [0.4, 0.5) is 0 Å². The third kappa shape index (κ3) is 4.32. The molecule has 1 saturated heterocycles. The number of carbonyl (C=O) groups excluding carboxylic acids is 1. The quantitative estimate of drug-likeness (QED) is 0.490. The van der Waals surface area contributed by atoms with E-state index >= 15 is 0 Å². The van der Waals surface area contributed by atoms with Gasteiger partial charge in [-0.3, -0.25) is 4.79 Å². The van der Waals surface area contributed by atoms with Gasteiger partial charge >= 0.3 is 0 Å². The summed E-state index contributed by atoms with van der Waals surface area (Å²) in [4.78, 5) is 12.5. The monoisotopic (exact) mass is 467 g/mol. The smallest absolute Gasteiger partial charge is 0.263 e. The van der Waals surface area contributed by atoms with Crippen LogP contribution in [0.2, 0.25) is 0 Å². The van der Waals surface area contributed by atoms with Gasteiger partial charge in [0.05, 0.1) is 4.91 Å². The minimum absolute atomic E-state index is 0.130. The molecule has 1 N–H and O–H groups in total. The average molecular weight is 469 g/mol. The lowest BCUT2D eigenvalue weighted by Gasteiger charge is -2.08. The number of rotatable bonds is 3. The van der Waals surface area contributed by atoms with Gasteiger partial charge in [0.2, 0.25) is 0 Å². The van der Waals surface area contributed by atoms with E-state index in [1.807, 2.05) is 30.3 Å². The Morgan fingerprint density at radius 3 is 2.43 bits per heavy atom. The minimum atomic E-state index is -0.130. The molecule has 116 valence electrons. The van der Waals surface area contributed by atoms with Crippen molar-refractivity contribution in [2.24, 2.45) is 0 Å². The molecule has 3 rings (SSSR count). The van der Waals surface area contributed by atoms with E-state index in [-0.39, 0.29) is 5.91 Å². The number of hydrogen-bond acceptors (Lipinski definition) is 3. The summed E-state index contributed by atoms with van der Waals surface area (Å²) in [6.45, 7) is 0. The Morgan fingerprint density at radius 1 is 1.09 bits per heavy atom. The fraction of sp³-hybridized carbons (Fsp3) is 0.0588. The summed E-state index contributed by atoms with van der Waals surface area (Å²) < 4.78 is 2.55. The van der Waals surface area contributed by atoms with Gasteiger partial charge in [0.25, 0.3) is 5.91 Å². The highest BCUT2D eigenvalue weighted by Gasteiger charge is 2.22. The number of halogens is 2. The van der Waals surface area contributed by atoms with E-state index in [0.29, 0.717) is 9.23 Å². The number of benzene rings is 2. The lowest BCUT2D eigenvalue weighted by atomic mass is 9.99. The fourth-order valence-electron chi connectivity index (χ4n) is 2.25. The Labute approximate surface area is 161 Å². The zero-order chi connectivity index (χ0) is 16.4. The molecule has 1 fully saturated rings. The van der Waals surface area contributed by atoms with E-state index in [0.717, 1.165) is 26.5 Å². The van der Waals surface area contributed by atoms with Crippen LogP contribution in [0, 0.1) is 0 Å². The maximum absolute atomic E-state index is 11.9. The van der Waals surface area contributed by atoms with E-state index in [1.165, 1.54) is 17.3 Å². The zero-order valence-electron chi connectivity index (χ0n) is 11.8. The van der Waals surface area contributed by atoms with Gasteiger partial charge in [-0.2, -0.15) is 0 Å². The van der Waals surface area contributed by atoms with Gasteiger partial charge < -0.3 is 5.32 Å². The van der Waals surface area contributed by atoms with E-state index < -0.39 is 0 Å². The van der Waals surface area contributed by atoms with Crippen molar-refractivity contribution in [1.29, 1.82) is 0 Å². The Morgan fingerprint density at radius 2 is 1.78 bits per heavy atom. The van der Waals surface area contributed by atoms with Crippen molar-refractivity contribution >= 4 is 72.1 Å². The molecule has 2 aromatic carbocycles. The molecule has 1 heterocycles. The number of hydrogen-bond donors (Lipinski definition) is 1. The molecule has 0 bridgehead atoms. The summed E-state index contributed by atoms with van der Waals surface area (Å²) in [5.41, 5.74) is 3.40. The predicted molar refractivity (Wildman–Crippen MR) is 107 cm³/mol. The van der Waals surface area contributed by atoms with Crippen LogP contribution >= 0.6 is 55.8 Å². The SMILES string of the molecule is O=C1NC(=S)S/C1=C\c1cc(Br)ccc1Cc1ccc(Br)cc1. The number of carbonyl (C=O) groups is 1. The molecule has 1 amide bonds. The first-order chi connectivity index (χ1) is 11.0. The van der Waals surface area contributed by atoms with Crippen LogP contribution in [0.1, 0.15) is 16.7 Å². The van der Waals surface area contributed by atoms with Crippen LogP contribution in [0.5, 0.6) is 0 Å². The molecule has 0 saturated carbocycles. The standard InChI is InChI=1S/C17H11Br2NOS2/c18-13-4-1-10(2-5-13)7-11-3-6-14(19)8-12(11)9-15-16(21)20-17(22)23-15/h1-6,8-9H,7H2,(H,20,21,22)/b15-9-. The highest BCUT2D eigenvalue weighted by Crippen LogP contribution is 2.29. The summed E-state index contributed by atoms with van der Waals surface area (Å²) in [5.74, 6) is -0.130. The van der Waals surface area contributed by atoms with Gasteiger partial charge in [0, 0.05) is 8.95 Å². The largest absolute Gasteiger partial charge is 0.307 e. The summed E-state index contributed by atoms with van der Waals surface area (Å²) in [5, 5.41) is 2.65. The van der Waals surface area contributed by atoms with E-state index in [1.54, 1.807) is 0 Å². The molecule has 1 aliphatic rings. The second-order valence-electron chi connectivity index (χ2n) is 5.00. The lowest BCUT2D eigenvalue weighted by Crippen LogP contribution is -2.17. The molecule has 2 aromatic rings. The summed E-state index contributed by atoms with van der Waals surface area (Å²) in [6, 6.07) is 14.4. The van der Waals surface area contributed by atoms with Gasteiger partial charge in [-0.1, -0.05) is 74.0 Å². The first kappa shape index (κ1) is 16.9. The van der Waals surface area contributed by atoms with Gasteiger partial charge in [-0.15, -0.1) is 0 Å². The number of thioether (sulfide) groups is 1. The van der Waals surface area contributed by atoms with Crippen molar-refractivity contribution < 1.29 is 4.79 Å². The van der Waals surface area contributed by atoms with E-state index in [4.69, 9.17) is 12.2 Å².